The summed E-state index contributed by atoms with van der Waals surface area (Å²) in [6.07, 6.45) is 3.30. The zero-order valence-corrected chi connectivity index (χ0v) is 23.3. The molecular formula is C26H28Cl2N4OSSi. The van der Waals surface area contributed by atoms with Crippen LogP contribution in [0.2, 0.25) is 5.04 Å². The first-order valence-electron chi connectivity index (χ1n) is 11.8. The number of nitrogens with zero attached hydrogens (tertiary/aromatic N) is 4. The first-order valence-corrected chi connectivity index (χ1v) is 15.4. The molecule has 182 valence electrons. The number of halogens is 2. The molecule has 0 saturated carbocycles. The summed E-state index contributed by atoms with van der Waals surface area (Å²) >= 11 is 15.1. The van der Waals surface area contributed by atoms with Gasteiger partial charge in [-0.2, -0.15) is 0 Å². The fourth-order valence-corrected chi connectivity index (χ4v) is 12.0. The van der Waals surface area contributed by atoms with Crippen molar-refractivity contribution in [3.05, 3.63) is 60.7 Å². The summed E-state index contributed by atoms with van der Waals surface area (Å²) in [6.45, 7) is 7.54. The summed E-state index contributed by atoms with van der Waals surface area (Å²) in [7, 11) is -2.58. The van der Waals surface area contributed by atoms with Crippen LogP contribution >= 0.6 is 35.0 Å². The molecule has 3 atom stereocenters. The van der Waals surface area contributed by atoms with Gasteiger partial charge in [-0.25, -0.2) is 20.0 Å². The number of rotatable bonds is 6. The molecule has 0 aliphatic carbocycles. The molecule has 3 aliphatic heterocycles. The van der Waals surface area contributed by atoms with Gasteiger partial charge in [0.1, 0.15) is 12.1 Å². The van der Waals surface area contributed by atoms with E-state index in [9.17, 15) is 0 Å². The Morgan fingerprint density at radius 1 is 1.00 bits per heavy atom. The van der Waals surface area contributed by atoms with Crippen LogP contribution in [-0.2, 0) is 4.43 Å². The number of alkyl halides is 1. The average Bonchev–Trinajstić information content (AvgIpc) is 3.50. The van der Waals surface area contributed by atoms with Crippen LogP contribution in [0.1, 0.15) is 33.6 Å². The number of amidine groups is 1. The minimum absolute atomic E-state index is 0.0180. The molecule has 0 aromatic heterocycles. The standard InChI is InChI=1S/C26H28Cl2N4OSSi/c1-25(2,3)35(19-10-6-4-7-11-19,20-12-8-5-9-13-20)33-16-18-14-15-21(34-18)26(28)31-23(27)22-24(32-26)30-17-29-22/h4-13,17-18,21H,14-16H2,1-3H3/t18-,21+,26?/m1/s1. The van der Waals surface area contributed by atoms with Crippen molar-refractivity contribution in [1.29, 1.82) is 0 Å². The highest BCUT2D eigenvalue weighted by molar-refractivity contribution is 8.00. The van der Waals surface area contributed by atoms with Gasteiger partial charge in [0.05, 0.1) is 5.25 Å². The molecule has 0 bridgehead atoms. The molecule has 0 N–H and O–H groups in total. The van der Waals surface area contributed by atoms with Gasteiger partial charge in [0.2, 0.25) is 5.12 Å². The Morgan fingerprint density at radius 3 is 2.23 bits per heavy atom. The predicted octanol–water partition coefficient (Wildman–Crippen LogP) is 5.25. The predicted molar refractivity (Wildman–Crippen MR) is 153 cm³/mol. The number of thioether (sulfide) groups is 1. The fourth-order valence-electron chi connectivity index (χ4n) is 5.07. The molecule has 5 nitrogen and oxygen atoms in total. The van der Waals surface area contributed by atoms with Crippen molar-refractivity contribution in [3.8, 4) is 0 Å². The van der Waals surface area contributed by atoms with Crippen molar-refractivity contribution in [2.75, 3.05) is 6.61 Å². The van der Waals surface area contributed by atoms with Gasteiger partial charge in [-0.15, -0.1) is 11.8 Å². The van der Waals surface area contributed by atoms with Gasteiger partial charge >= 0.3 is 0 Å². The van der Waals surface area contributed by atoms with Gasteiger partial charge in [-0.3, -0.25) is 0 Å². The van der Waals surface area contributed by atoms with E-state index in [-0.39, 0.29) is 20.7 Å². The Hall–Kier alpha value is -1.77. The SMILES string of the molecule is CC(C)(C)[Si](OC[C@H]1CC[C@@H](C2(Cl)N=C(Cl)C3=NC=NC3=N2)S1)(c1ccccc1)c1ccccc1. The summed E-state index contributed by atoms with van der Waals surface area (Å²) in [6, 6.07) is 21.5. The van der Waals surface area contributed by atoms with Crippen LogP contribution in [0.5, 0.6) is 0 Å². The van der Waals surface area contributed by atoms with Crippen LogP contribution in [-0.4, -0.2) is 53.6 Å². The quantitative estimate of drug-likeness (QED) is 0.284. The lowest BCUT2D eigenvalue weighted by molar-refractivity contribution is 0.295. The van der Waals surface area contributed by atoms with Crippen LogP contribution in [0.3, 0.4) is 0 Å². The Balaban J connectivity index is 1.40. The molecule has 3 heterocycles. The molecule has 9 heteroatoms. The zero-order valence-electron chi connectivity index (χ0n) is 20.0. The Labute approximate surface area is 222 Å². The summed E-state index contributed by atoms with van der Waals surface area (Å²) in [5, 5.41) is 1.89. The van der Waals surface area contributed by atoms with E-state index < -0.39 is 13.4 Å². The van der Waals surface area contributed by atoms with E-state index in [0.717, 1.165) is 12.8 Å². The third kappa shape index (κ3) is 4.57. The Morgan fingerprint density at radius 2 is 1.63 bits per heavy atom. The topological polar surface area (TPSA) is 58.7 Å². The number of benzene rings is 2. The number of hydrogen-bond donors (Lipinski definition) is 0. The van der Waals surface area contributed by atoms with E-state index in [0.29, 0.717) is 18.2 Å². The van der Waals surface area contributed by atoms with Crippen LogP contribution < -0.4 is 10.4 Å². The number of fused-ring (bicyclic) bond motifs is 1. The molecule has 1 unspecified atom stereocenters. The first-order chi connectivity index (χ1) is 16.7. The van der Waals surface area contributed by atoms with Gasteiger partial charge in [-0.1, -0.05) is 105 Å². The summed E-state index contributed by atoms with van der Waals surface area (Å²) in [5.74, 6) is 0.465. The molecule has 2 aromatic carbocycles. The van der Waals surface area contributed by atoms with Crippen LogP contribution in [0.15, 0.2) is 80.6 Å². The molecule has 5 rings (SSSR count). The third-order valence-corrected chi connectivity index (χ3v) is 14.2. The lowest BCUT2D eigenvalue weighted by Crippen LogP contribution is -2.67. The minimum Gasteiger partial charge on any atom is -0.406 e. The van der Waals surface area contributed by atoms with Crippen LogP contribution in [0.25, 0.3) is 0 Å². The maximum Gasteiger partial charge on any atom is 0.261 e. The Kier molecular flexibility index (Phi) is 6.83. The average molecular weight is 544 g/mol. The highest BCUT2D eigenvalue weighted by Crippen LogP contribution is 2.46. The second-order valence-electron chi connectivity index (χ2n) is 9.99. The van der Waals surface area contributed by atoms with E-state index in [1.165, 1.54) is 16.7 Å². The highest BCUT2D eigenvalue weighted by Gasteiger charge is 2.51. The lowest BCUT2D eigenvalue weighted by atomic mass is 10.1. The molecule has 2 aromatic rings. The molecular weight excluding hydrogens is 515 g/mol. The maximum absolute atomic E-state index is 7.14. The second kappa shape index (κ2) is 9.60. The van der Waals surface area contributed by atoms with Crippen molar-refractivity contribution in [2.24, 2.45) is 20.0 Å². The van der Waals surface area contributed by atoms with E-state index in [4.69, 9.17) is 27.6 Å². The van der Waals surface area contributed by atoms with Gasteiger partial charge in [-0.05, 0) is 28.3 Å². The van der Waals surface area contributed by atoms with Crippen molar-refractivity contribution in [3.63, 3.8) is 0 Å². The van der Waals surface area contributed by atoms with E-state index >= 15 is 0 Å². The van der Waals surface area contributed by atoms with Crippen molar-refractivity contribution in [2.45, 2.75) is 54.3 Å². The third-order valence-electron chi connectivity index (χ3n) is 6.71. The fraction of sp³-hybridized carbons (Fsp3) is 0.385. The van der Waals surface area contributed by atoms with Crippen LogP contribution in [0, 0.1) is 0 Å². The smallest absolute Gasteiger partial charge is 0.261 e. The zero-order chi connectivity index (χ0) is 24.7. The Bertz CT molecular complexity index is 1170. The van der Waals surface area contributed by atoms with E-state index in [2.05, 4.69) is 101 Å². The summed E-state index contributed by atoms with van der Waals surface area (Å²) in [5.41, 5.74) is 0.498. The molecule has 1 fully saturated rings. The molecule has 1 saturated heterocycles. The molecule has 0 spiro atoms. The van der Waals surface area contributed by atoms with Gasteiger partial charge < -0.3 is 4.43 Å². The van der Waals surface area contributed by atoms with E-state index in [1.807, 2.05) is 0 Å². The summed E-state index contributed by atoms with van der Waals surface area (Å²) in [4.78, 5) is 17.5. The summed E-state index contributed by atoms with van der Waals surface area (Å²) < 4.78 is 7.14. The highest BCUT2D eigenvalue weighted by atomic mass is 35.5. The molecule has 0 amide bonds. The number of aliphatic imine (C=N–C) groups is 4. The minimum atomic E-state index is -2.58. The van der Waals surface area contributed by atoms with Gasteiger partial charge in [0, 0.05) is 11.9 Å². The van der Waals surface area contributed by atoms with Gasteiger partial charge in [0.15, 0.2) is 11.0 Å². The normalized spacial score (nSPS) is 26.3. The first kappa shape index (κ1) is 24.9. The maximum atomic E-state index is 7.14. The monoisotopic (exact) mass is 542 g/mol. The molecule has 35 heavy (non-hydrogen) atoms. The van der Waals surface area contributed by atoms with Gasteiger partial charge in [0.25, 0.3) is 8.32 Å². The lowest BCUT2D eigenvalue weighted by Gasteiger charge is -2.43. The van der Waals surface area contributed by atoms with Crippen molar-refractivity contribution >= 4 is 76.7 Å². The van der Waals surface area contributed by atoms with Crippen molar-refractivity contribution in [1.82, 2.24) is 0 Å². The molecule has 0 radical (unpaired) electrons. The second-order valence-corrected chi connectivity index (χ2v) is 16.7. The van der Waals surface area contributed by atoms with Crippen LogP contribution in [0.4, 0.5) is 0 Å². The largest absolute Gasteiger partial charge is 0.406 e. The molecule has 3 aliphatic rings. The number of hydrogen-bond acceptors (Lipinski definition) is 6. The van der Waals surface area contributed by atoms with Crippen molar-refractivity contribution < 1.29 is 4.43 Å². The van der Waals surface area contributed by atoms with E-state index in [1.54, 1.807) is 11.8 Å².